The van der Waals surface area contributed by atoms with E-state index in [1.165, 1.54) is 0 Å². The summed E-state index contributed by atoms with van der Waals surface area (Å²) in [5, 5.41) is 17.5. The molecule has 0 saturated carbocycles. The third kappa shape index (κ3) is 2.14. The zero-order chi connectivity index (χ0) is 11.5. The highest BCUT2D eigenvalue weighted by Gasteiger charge is 2.05. The molecule has 5 heteroatoms. The van der Waals surface area contributed by atoms with Crippen molar-refractivity contribution in [3.8, 4) is 0 Å². The van der Waals surface area contributed by atoms with Crippen LogP contribution in [0.25, 0.3) is 0 Å². The topological polar surface area (TPSA) is 55.9 Å². The third-order valence-corrected chi connectivity index (χ3v) is 2.48. The molecule has 2 rings (SSSR count). The number of hydrogen-bond acceptors (Lipinski definition) is 3. The predicted molar refractivity (Wildman–Crippen MR) is 59.9 cm³/mol. The molecule has 0 aliphatic heterocycles. The second-order valence-corrected chi connectivity index (χ2v) is 3.80. The van der Waals surface area contributed by atoms with Gasteiger partial charge in [0.1, 0.15) is 0 Å². The molecular weight excluding hydrogens is 204 g/mol. The highest BCUT2D eigenvalue weighted by Crippen LogP contribution is 2.07. The molecule has 0 aliphatic carbocycles. The van der Waals surface area contributed by atoms with Crippen LogP contribution in [0.3, 0.4) is 0 Å². The summed E-state index contributed by atoms with van der Waals surface area (Å²) in [6.45, 7) is 5.63. The van der Waals surface area contributed by atoms with Crippen LogP contribution in [0.1, 0.15) is 23.9 Å². The van der Waals surface area contributed by atoms with Gasteiger partial charge >= 0.3 is 0 Å². The van der Waals surface area contributed by atoms with E-state index in [0.717, 1.165) is 23.5 Å². The van der Waals surface area contributed by atoms with E-state index in [9.17, 15) is 0 Å². The van der Waals surface area contributed by atoms with E-state index in [1.54, 1.807) is 6.20 Å². The highest BCUT2D eigenvalue weighted by atomic mass is 16.3. The first kappa shape index (κ1) is 10.9. The Hall–Kier alpha value is -1.62. The molecule has 0 aliphatic rings. The lowest BCUT2D eigenvalue weighted by atomic mass is 10.3. The van der Waals surface area contributed by atoms with Crippen molar-refractivity contribution in [3.05, 3.63) is 35.4 Å². The summed E-state index contributed by atoms with van der Waals surface area (Å²) >= 11 is 0. The van der Waals surface area contributed by atoms with Crippen LogP contribution in [-0.2, 0) is 19.7 Å². The number of hydrogen-bond donors (Lipinski definition) is 1. The molecule has 0 spiro atoms. The molecule has 16 heavy (non-hydrogen) atoms. The van der Waals surface area contributed by atoms with Crippen molar-refractivity contribution in [2.75, 3.05) is 0 Å². The summed E-state index contributed by atoms with van der Waals surface area (Å²) in [4.78, 5) is 0. The molecule has 0 fully saturated rings. The lowest BCUT2D eigenvalue weighted by Gasteiger charge is -2.04. The minimum absolute atomic E-state index is 0.0338. The van der Waals surface area contributed by atoms with Gasteiger partial charge in [-0.25, -0.2) is 0 Å². The van der Waals surface area contributed by atoms with Crippen LogP contribution in [-0.4, -0.2) is 24.7 Å². The summed E-state index contributed by atoms with van der Waals surface area (Å²) in [7, 11) is 0. The Kier molecular flexibility index (Phi) is 3.05. The van der Waals surface area contributed by atoms with E-state index in [0.29, 0.717) is 6.54 Å². The van der Waals surface area contributed by atoms with Crippen molar-refractivity contribution in [2.24, 2.45) is 0 Å². The molecule has 0 radical (unpaired) electrons. The second-order valence-electron chi connectivity index (χ2n) is 3.80. The molecule has 86 valence electrons. The van der Waals surface area contributed by atoms with Gasteiger partial charge in [0.05, 0.1) is 30.7 Å². The molecule has 2 heterocycles. The van der Waals surface area contributed by atoms with Crippen LogP contribution < -0.4 is 0 Å². The van der Waals surface area contributed by atoms with Gasteiger partial charge in [0, 0.05) is 18.3 Å². The summed E-state index contributed by atoms with van der Waals surface area (Å²) < 4.78 is 3.78. The van der Waals surface area contributed by atoms with Crippen LogP contribution in [0, 0.1) is 6.92 Å². The molecule has 5 nitrogen and oxygen atoms in total. The molecule has 0 bridgehead atoms. The van der Waals surface area contributed by atoms with Crippen molar-refractivity contribution in [1.29, 1.82) is 0 Å². The van der Waals surface area contributed by atoms with Gasteiger partial charge in [0.15, 0.2) is 0 Å². The van der Waals surface area contributed by atoms with Gasteiger partial charge < -0.3 is 5.11 Å². The van der Waals surface area contributed by atoms with Gasteiger partial charge in [0.2, 0.25) is 0 Å². The molecule has 0 atom stereocenters. The van der Waals surface area contributed by atoms with Crippen LogP contribution in [0.15, 0.2) is 18.5 Å². The Morgan fingerprint density at radius 3 is 2.88 bits per heavy atom. The molecule has 2 aromatic heterocycles. The number of aromatic nitrogens is 4. The van der Waals surface area contributed by atoms with E-state index < -0.39 is 0 Å². The first-order valence-electron chi connectivity index (χ1n) is 5.38. The number of aryl methyl sites for hydroxylation is 2. The Morgan fingerprint density at radius 2 is 2.25 bits per heavy atom. The van der Waals surface area contributed by atoms with E-state index in [1.807, 2.05) is 22.5 Å². The molecule has 0 aromatic carbocycles. The molecule has 2 aromatic rings. The Labute approximate surface area is 94.3 Å². The molecule has 0 saturated heterocycles. The van der Waals surface area contributed by atoms with Crippen molar-refractivity contribution in [2.45, 2.75) is 33.5 Å². The largest absolute Gasteiger partial charge is 0.392 e. The standard InChI is InChI=1S/C11H16N4O/c1-3-15-11(4-9(2)13-15)7-14-6-10(8-16)5-12-14/h4-6,16H,3,7-8H2,1-2H3. The van der Waals surface area contributed by atoms with E-state index in [2.05, 4.69) is 23.2 Å². The zero-order valence-corrected chi connectivity index (χ0v) is 9.59. The average molecular weight is 220 g/mol. The summed E-state index contributed by atoms with van der Waals surface area (Å²) in [6, 6.07) is 2.06. The SMILES string of the molecule is CCn1nc(C)cc1Cn1cc(CO)cn1. The van der Waals surface area contributed by atoms with Crippen LogP contribution in [0.4, 0.5) is 0 Å². The maximum Gasteiger partial charge on any atom is 0.0828 e. The Bertz CT molecular complexity index is 472. The van der Waals surface area contributed by atoms with E-state index in [-0.39, 0.29) is 6.61 Å². The Balaban J connectivity index is 2.19. The highest BCUT2D eigenvalue weighted by molar-refractivity contribution is 5.10. The minimum atomic E-state index is 0.0338. The van der Waals surface area contributed by atoms with Gasteiger partial charge in [-0.1, -0.05) is 0 Å². The predicted octanol–water partition coefficient (Wildman–Crippen LogP) is 0.949. The van der Waals surface area contributed by atoms with Crippen LogP contribution in [0.2, 0.25) is 0 Å². The summed E-state index contributed by atoms with van der Waals surface area (Å²) in [5.41, 5.74) is 2.98. The van der Waals surface area contributed by atoms with Gasteiger partial charge in [-0.05, 0) is 19.9 Å². The van der Waals surface area contributed by atoms with Crippen LogP contribution in [0.5, 0.6) is 0 Å². The normalized spacial score (nSPS) is 10.9. The van der Waals surface area contributed by atoms with Crippen molar-refractivity contribution in [1.82, 2.24) is 19.6 Å². The fourth-order valence-corrected chi connectivity index (χ4v) is 1.74. The van der Waals surface area contributed by atoms with Crippen molar-refractivity contribution >= 4 is 0 Å². The zero-order valence-electron chi connectivity index (χ0n) is 9.59. The fourth-order valence-electron chi connectivity index (χ4n) is 1.74. The second kappa shape index (κ2) is 4.49. The van der Waals surface area contributed by atoms with Gasteiger partial charge in [-0.3, -0.25) is 9.36 Å². The molecular formula is C11H16N4O. The fraction of sp³-hybridized carbons (Fsp3) is 0.455. The lowest BCUT2D eigenvalue weighted by Crippen LogP contribution is -2.08. The van der Waals surface area contributed by atoms with Gasteiger partial charge in [-0.15, -0.1) is 0 Å². The maximum atomic E-state index is 8.95. The summed E-state index contributed by atoms with van der Waals surface area (Å²) in [6.07, 6.45) is 3.53. The molecule has 1 N–H and O–H groups in total. The minimum Gasteiger partial charge on any atom is -0.392 e. The average Bonchev–Trinajstić information content (AvgIpc) is 2.85. The van der Waals surface area contributed by atoms with Crippen molar-refractivity contribution in [3.63, 3.8) is 0 Å². The monoisotopic (exact) mass is 220 g/mol. The molecule has 0 amide bonds. The Morgan fingerprint density at radius 1 is 1.44 bits per heavy atom. The third-order valence-electron chi connectivity index (χ3n) is 2.48. The number of rotatable bonds is 4. The van der Waals surface area contributed by atoms with Gasteiger partial charge in [0.25, 0.3) is 0 Å². The smallest absolute Gasteiger partial charge is 0.0828 e. The van der Waals surface area contributed by atoms with Crippen molar-refractivity contribution < 1.29 is 5.11 Å². The number of nitrogens with zero attached hydrogens (tertiary/aromatic N) is 4. The first-order chi connectivity index (χ1) is 7.72. The summed E-state index contributed by atoms with van der Waals surface area (Å²) in [5.74, 6) is 0. The number of aliphatic hydroxyl groups excluding tert-OH is 1. The van der Waals surface area contributed by atoms with Gasteiger partial charge in [-0.2, -0.15) is 10.2 Å². The van der Waals surface area contributed by atoms with E-state index in [4.69, 9.17) is 5.11 Å². The van der Waals surface area contributed by atoms with E-state index >= 15 is 0 Å². The molecule has 0 unspecified atom stereocenters. The first-order valence-corrected chi connectivity index (χ1v) is 5.38. The quantitative estimate of drug-likeness (QED) is 0.834. The lowest BCUT2D eigenvalue weighted by molar-refractivity contribution is 0.281. The number of aliphatic hydroxyl groups is 1. The van der Waals surface area contributed by atoms with Crippen LogP contribution >= 0.6 is 0 Å². The maximum absolute atomic E-state index is 8.95.